The fourth-order valence-corrected chi connectivity index (χ4v) is 6.02. The first-order valence-electron chi connectivity index (χ1n) is 9.22. The van der Waals surface area contributed by atoms with Crippen molar-refractivity contribution < 1.29 is 13.4 Å². The van der Waals surface area contributed by atoms with E-state index >= 15 is 0 Å². The van der Waals surface area contributed by atoms with Gasteiger partial charge in [-0.05, 0) is 36.6 Å². The number of carbonyl (C=O) groups excluding carboxylic acids is 1. The molecule has 3 atom stereocenters. The van der Waals surface area contributed by atoms with Crippen LogP contribution in [0, 0.1) is 5.82 Å². The van der Waals surface area contributed by atoms with E-state index in [1.54, 1.807) is 18.8 Å². The van der Waals surface area contributed by atoms with E-state index < -0.39 is 21.8 Å². The Morgan fingerprint density at radius 1 is 1.42 bits per heavy atom. The van der Waals surface area contributed by atoms with Gasteiger partial charge in [0.2, 0.25) is 5.91 Å². The van der Waals surface area contributed by atoms with Crippen molar-refractivity contribution in [3.8, 4) is 11.4 Å². The molecule has 164 valence electrons. The van der Waals surface area contributed by atoms with Gasteiger partial charge in [0, 0.05) is 35.6 Å². The molecule has 1 saturated heterocycles. The van der Waals surface area contributed by atoms with Gasteiger partial charge in [-0.3, -0.25) is 4.79 Å². The third-order valence-electron chi connectivity index (χ3n) is 5.11. The number of aryl methyl sites for hydroxylation is 1. The first-order valence-corrected chi connectivity index (χ1v) is 12.2. The molecule has 1 aliphatic rings. The van der Waals surface area contributed by atoms with E-state index in [0.717, 1.165) is 10.4 Å². The van der Waals surface area contributed by atoms with Gasteiger partial charge in [-0.2, -0.15) is 5.10 Å². The fraction of sp³-hybridized carbons (Fsp3) is 0.263. The number of thiophene rings is 1. The molecule has 0 spiro atoms. The van der Waals surface area contributed by atoms with Gasteiger partial charge in [-0.25, -0.2) is 27.3 Å². The molecule has 1 aromatic carbocycles. The zero-order valence-corrected chi connectivity index (χ0v) is 19.1. The number of carbonyl (C=O) groups is 1. The minimum Gasteiger partial charge on any atom is -0.325 e. The normalized spacial score (nSPS) is 24.3. The highest BCUT2D eigenvalue weighted by atomic mass is 35.5. The van der Waals surface area contributed by atoms with Gasteiger partial charge in [0.1, 0.15) is 18.2 Å². The zero-order valence-electron chi connectivity index (χ0n) is 16.7. The van der Waals surface area contributed by atoms with Crippen LogP contribution in [-0.4, -0.2) is 48.1 Å². The van der Waals surface area contributed by atoms with Crippen LogP contribution < -0.4 is 10.0 Å². The highest BCUT2D eigenvalue weighted by molar-refractivity contribution is 7.96. The SMILES string of the molecule is C=S1(=O)NC(c2cc(-c3ncnn3C)cs2)CC(C(=O)Nc2ccc(F)c(Cl)c2)N1C. The Morgan fingerprint density at radius 2 is 2.19 bits per heavy atom. The molecule has 31 heavy (non-hydrogen) atoms. The Balaban J connectivity index is 1.58. The van der Waals surface area contributed by atoms with Crippen LogP contribution in [0.4, 0.5) is 10.1 Å². The van der Waals surface area contributed by atoms with Gasteiger partial charge >= 0.3 is 0 Å². The Bertz CT molecular complexity index is 1240. The van der Waals surface area contributed by atoms with E-state index in [2.05, 4.69) is 26.0 Å². The molecule has 1 fully saturated rings. The molecule has 8 nitrogen and oxygen atoms in total. The number of benzene rings is 1. The van der Waals surface area contributed by atoms with Gasteiger partial charge in [-0.15, -0.1) is 11.3 Å². The number of rotatable bonds is 4. The van der Waals surface area contributed by atoms with Crippen molar-refractivity contribution in [3.05, 3.63) is 51.7 Å². The smallest absolute Gasteiger partial charge is 0.242 e. The number of halogens is 2. The van der Waals surface area contributed by atoms with Crippen molar-refractivity contribution in [3.63, 3.8) is 0 Å². The summed E-state index contributed by atoms with van der Waals surface area (Å²) in [6.45, 7) is 0. The van der Waals surface area contributed by atoms with Crippen LogP contribution in [0.1, 0.15) is 17.3 Å². The summed E-state index contributed by atoms with van der Waals surface area (Å²) in [6, 6.07) is 4.81. The topological polar surface area (TPSA) is 92.1 Å². The van der Waals surface area contributed by atoms with E-state index in [9.17, 15) is 13.4 Å². The molecule has 2 aromatic heterocycles. The Hall–Kier alpha value is -2.31. The molecule has 1 amide bonds. The van der Waals surface area contributed by atoms with Gasteiger partial charge in [0.15, 0.2) is 5.82 Å². The number of hydrogen-bond acceptors (Lipinski definition) is 5. The maximum atomic E-state index is 13.4. The third-order valence-corrected chi connectivity index (χ3v) is 8.29. The molecule has 3 unspecified atom stereocenters. The van der Waals surface area contributed by atoms with Crippen molar-refractivity contribution in [2.24, 2.45) is 7.05 Å². The lowest BCUT2D eigenvalue weighted by Gasteiger charge is -2.39. The molecule has 2 N–H and O–H groups in total. The van der Waals surface area contributed by atoms with Gasteiger partial charge in [0.05, 0.1) is 21.0 Å². The standard InChI is InChI=1S/C19H20ClFN6O2S2/c1-26-18(22-10-23-26)11-6-17(30-9-11)15-8-16(27(2)31(3,29)25-15)19(28)24-12-4-5-14(21)13(20)7-12/h4-7,9-10,15-16H,3,8H2,1-2H3,(H,24,28)(H,25,29). The average molecular weight is 483 g/mol. The van der Waals surface area contributed by atoms with E-state index in [-0.39, 0.29) is 17.0 Å². The summed E-state index contributed by atoms with van der Waals surface area (Å²) in [5, 5.41) is 8.66. The third kappa shape index (κ3) is 4.37. The summed E-state index contributed by atoms with van der Waals surface area (Å²) in [7, 11) is 0.484. The van der Waals surface area contributed by atoms with Gasteiger partial charge in [-0.1, -0.05) is 11.6 Å². The number of nitrogens with zero attached hydrogens (tertiary/aromatic N) is 4. The molecule has 0 bridgehead atoms. The summed E-state index contributed by atoms with van der Waals surface area (Å²) >= 11 is 7.28. The van der Waals surface area contributed by atoms with E-state index in [0.29, 0.717) is 17.9 Å². The number of anilines is 1. The second-order valence-electron chi connectivity index (χ2n) is 7.17. The first-order chi connectivity index (χ1) is 14.7. The number of amides is 1. The molecule has 4 rings (SSSR count). The molecule has 0 radical (unpaired) electrons. The maximum Gasteiger partial charge on any atom is 0.242 e. The summed E-state index contributed by atoms with van der Waals surface area (Å²) in [5.41, 5.74) is 1.24. The largest absolute Gasteiger partial charge is 0.325 e. The summed E-state index contributed by atoms with van der Waals surface area (Å²) in [4.78, 5) is 18.1. The predicted octanol–water partition coefficient (Wildman–Crippen LogP) is 2.86. The van der Waals surface area contributed by atoms with Crippen LogP contribution in [0.5, 0.6) is 0 Å². The predicted molar refractivity (Wildman–Crippen MR) is 122 cm³/mol. The second kappa shape index (κ2) is 8.32. The lowest BCUT2D eigenvalue weighted by Crippen LogP contribution is -2.55. The lowest BCUT2D eigenvalue weighted by atomic mass is 10.0. The van der Waals surface area contributed by atoms with Crippen molar-refractivity contribution >= 4 is 50.3 Å². The molecule has 3 heterocycles. The van der Waals surface area contributed by atoms with Crippen molar-refractivity contribution in [2.75, 3.05) is 12.4 Å². The summed E-state index contributed by atoms with van der Waals surface area (Å²) < 4.78 is 32.7. The summed E-state index contributed by atoms with van der Waals surface area (Å²) in [6.07, 6.45) is 1.84. The quantitative estimate of drug-likeness (QED) is 0.559. The highest BCUT2D eigenvalue weighted by Gasteiger charge is 2.38. The number of nitrogens with one attached hydrogen (secondary N) is 2. The Labute approximate surface area is 188 Å². The molecule has 12 heteroatoms. The Morgan fingerprint density at radius 3 is 2.87 bits per heavy atom. The van der Waals surface area contributed by atoms with Crippen LogP contribution in [0.25, 0.3) is 11.4 Å². The van der Waals surface area contributed by atoms with Crippen LogP contribution >= 0.6 is 22.9 Å². The Kier molecular flexibility index (Phi) is 5.88. The van der Waals surface area contributed by atoms with Crippen molar-refractivity contribution in [1.82, 2.24) is 23.8 Å². The zero-order chi connectivity index (χ0) is 22.3. The average Bonchev–Trinajstić information content (AvgIpc) is 3.35. The highest BCUT2D eigenvalue weighted by Crippen LogP contribution is 2.34. The maximum absolute atomic E-state index is 13.4. The molecule has 0 aliphatic carbocycles. The van der Waals surface area contributed by atoms with Crippen molar-refractivity contribution in [2.45, 2.75) is 18.5 Å². The molecular weight excluding hydrogens is 463 g/mol. The van der Waals surface area contributed by atoms with Gasteiger partial charge < -0.3 is 5.32 Å². The molecule has 1 aliphatic heterocycles. The van der Waals surface area contributed by atoms with E-state index in [4.69, 9.17) is 11.6 Å². The number of likely N-dealkylation sites (N-methyl/N-ethyl adjacent to an activating group) is 1. The van der Waals surface area contributed by atoms with Crippen LogP contribution in [-0.2, 0) is 21.7 Å². The first kappa shape index (κ1) is 21.9. The molecular formula is C19H20ClFN6O2S2. The monoisotopic (exact) mass is 482 g/mol. The second-order valence-corrected chi connectivity index (χ2v) is 10.6. The van der Waals surface area contributed by atoms with Crippen molar-refractivity contribution in [1.29, 1.82) is 0 Å². The van der Waals surface area contributed by atoms with E-state index in [1.807, 2.05) is 11.4 Å². The minimum absolute atomic E-state index is 0.0924. The molecule has 3 aromatic rings. The van der Waals surface area contributed by atoms with Crippen LogP contribution in [0.3, 0.4) is 0 Å². The lowest BCUT2D eigenvalue weighted by molar-refractivity contribution is -0.120. The number of hydrogen-bond donors (Lipinski definition) is 2. The summed E-state index contributed by atoms with van der Waals surface area (Å²) in [5.74, 6) is 3.56. The fourth-order valence-electron chi connectivity index (χ4n) is 3.39. The number of aromatic nitrogens is 3. The minimum atomic E-state index is -2.90. The van der Waals surface area contributed by atoms with Crippen LogP contribution in [0.15, 0.2) is 36.0 Å². The van der Waals surface area contributed by atoms with Gasteiger partial charge in [0.25, 0.3) is 0 Å². The molecule has 0 saturated carbocycles. The van der Waals surface area contributed by atoms with E-state index in [1.165, 1.54) is 40.2 Å². The van der Waals surface area contributed by atoms with Crippen LogP contribution in [0.2, 0.25) is 5.02 Å².